The van der Waals surface area contributed by atoms with Crippen molar-refractivity contribution in [2.24, 2.45) is 5.92 Å². The van der Waals surface area contributed by atoms with Crippen molar-refractivity contribution in [1.29, 1.82) is 0 Å². The summed E-state index contributed by atoms with van der Waals surface area (Å²) < 4.78 is 10.8. The molecule has 2 aromatic heterocycles. The van der Waals surface area contributed by atoms with E-state index in [0.29, 0.717) is 37.1 Å². The number of anilines is 1. The van der Waals surface area contributed by atoms with Crippen molar-refractivity contribution in [2.75, 3.05) is 44.7 Å². The Hall–Kier alpha value is -2.92. The summed E-state index contributed by atoms with van der Waals surface area (Å²) in [6.45, 7) is 15.8. The van der Waals surface area contributed by atoms with Gasteiger partial charge in [0.05, 0.1) is 18.3 Å². The number of hydrogen-bond donors (Lipinski definition) is 2. The minimum absolute atomic E-state index is 0.00319. The van der Waals surface area contributed by atoms with Gasteiger partial charge in [0.15, 0.2) is 11.5 Å². The molecule has 4 rings (SSSR count). The Balaban J connectivity index is 1.38. The van der Waals surface area contributed by atoms with Gasteiger partial charge in [-0.2, -0.15) is 5.10 Å². The van der Waals surface area contributed by atoms with Gasteiger partial charge in [0, 0.05) is 56.9 Å². The lowest BCUT2D eigenvalue weighted by molar-refractivity contribution is 0.0441. The molecule has 0 bridgehead atoms. The highest BCUT2D eigenvalue weighted by molar-refractivity contribution is 6.02. The average molecular weight is 530 g/mol. The molecule has 2 N–H and O–H groups in total. The Bertz CT molecular complexity index is 1080. The van der Waals surface area contributed by atoms with Crippen LogP contribution in [0, 0.1) is 5.92 Å². The lowest BCUT2D eigenvalue weighted by Gasteiger charge is -2.37. The maximum Gasteiger partial charge on any atom is 0.320 e. The van der Waals surface area contributed by atoms with Gasteiger partial charge >= 0.3 is 6.03 Å². The molecule has 0 spiro atoms. The number of nitrogens with zero attached hydrogens (tertiary/aromatic N) is 5. The maximum absolute atomic E-state index is 13.7. The molecule has 11 heteroatoms. The molecule has 2 aromatic rings. The van der Waals surface area contributed by atoms with Gasteiger partial charge < -0.3 is 24.4 Å². The van der Waals surface area contributed by atoms with E-state index in [0.717, 1.165) is 63.2 Å². The second-order valence-corrected chi connectivity index (χ2v) is 10.5. The summed E-state index contributed by atoms with van der Waals surface area (Å²) in [4.78, 5) is 32.7. The van der Waals surface area contributed by atoms with Crippen LogP contribution in [-0.2, 0) is 17.7 Å². The van der Waals surface area contributed by atoms with E-state index in [-0.39, 0.29) is 29.7 Å². The first-order valence-electron chi connectivity index (χ1n) is 14.1. The Labute approximate surface area is 225 Å². The lowest BCUT2D eigenvalue weighted by atomic mass is 9.99. The summed E-state index contributed by atoms with van der Waals surface area (Å²) in [5.41, 5.74) is 1.89. The van der Waals surface area contributed by atoms with E-state index in [1.54, 1.807) is 6.07 Å². The Morgan fingerprint density at radius 3 is 2.68 bits per heavy atom. The summed E-state index contributed by atoms with van der Waals surface area (Å²) in [7, 11) is 0. The third-order valence-corrected chi connectivity index (χ3v) is 7.88. The molecule has 2 atom stereocenters. The van der Waals surface area contributed by atoms with Crippen molar-refractivity contribution in [3.8, 4) is 0 Å². The predicted molar refractivity (Wildman–Crippen MR) is 144 cm³/mol. The van der Waals surface area contributed by atoms with E-state index in [4.69, 9.17) is 9.26 Å². The molecule has 2 aliphatic heterocycles. The Morgan fingerprint density at radius 2 is 2.00 bits per heavy atom. The molecule has 3 amide bonds. The van der Waals surface area contributed by atoms with Crippen molar-refractivity contribution in [3.63, 3.8) is 0 Å². The summed E-state index contributed by atoms with van der Waals surface area (Å²) >= 11 is 0. The number of aromatic amines is 1. The van der Waals surface area contributed by atoms with Crippen LogP contribution in [-0.4, -0.2) is 87.4 Å². The van der Waals surface area contributed by atoms with Crippen LogP contribution in [0.4, 0.5) is 10.6 Å². The number of fused-ring (bicyclic) bond motifs is 1. The van der Waals surface area contributed by atoms with Gasteiger partial charge in [0.1, 0.15) is 5.76 Å². The number of aryl methyl sites for hydroxylation is 1. The minimum Gasteiger partial charge on any atom is -0.381 e. The summed E-state index contributed by atoms with van der Waals surface area (Å²) in [5, 5.41) is 14.1. The van der Waals surface area contributed by atoms with Crippen molar-refractivity contribution in [1.82, 2.24) is 30.1 Å². The van der Waals surface area contributed by atoms with E-state index < -0.39 is 0 Å². The first kappa shape index (κ1) is 28.1. The van der Waals surface area contributed by atoms with Gasteiger partial charge in [-0.25, -0.2) is 4.79 Å². The molecule has 11 nitrogen and oxygen atoms in total. The van der Waals surface area contributed by atoms with Crippen LogP contribution in [0.15, 0.2) is 10.6 Å². The van der Waals surface area contributed by atoms with Crippen molar-refractivity contribution in [3.05, 3.63) is 28.8 Å². The van der Waals surface area contributed by atoms with Crippen LogP contribution < -0.4 is 5.32 Å². The molecule has 1 saturated heterocycles. The molecule has 38 heavy (non-hydrogen) atoms. The topological polar surface area (TPSA) is 120 Å². The first-order valence-corrected chi connectivity index (χ1v) is 14.1. The molecule has 2 aliphatic rings. The molecule has 210 valence electrons. The fourth-order valence-electron chi connectivity index (χ4n) is 5.48. The van der Waals surface area contributed by atoms with Crippen LogP contribution in [0.1, 0.15) is 87.4 Å². The molecular formula is C27H43N7O4. The van der Waals surface area contributed by atoms with Crippen LogP contribution in [0.25, 0.3) is 0 Å². The fourth-order valence-corrected chi connectivity index (χ4v) is 5.48. The maximum atomic E-state index is 13.7. The number of hydrogen-bond acceptors (Lipinski definition) is 7. The zero-order chi connectivity index (χ0) is 27.2. The second-order valence-electron chi connectivity index (χ2n) is 10.5. The van der Waals surface area contributed by atoms with Gasteiger partial charge in [-0.15, -0.1) is 0 Å². The highest BCUT2D eigenvalue weighted by Gasteiger charge is 2.37. The monoisotopic (exact) mass is 529 g/mol. The van der Waals surface area contributed by atoms with E-state index in [9.17, 15) is 9.59 Å². The largest absolute Gasteiger partial charge is 0.381 e. The van der Waals surface area contributed by atoms with Gasteiger partial charge in [0.25, 0.3) is 5.91 Å². The van der Waals surface area contributed by atoms with E-state index in [2.05, 4.69) is 39.4 Å². The molecule has 0 radical (unpaired) electrons. The van der Waals surface area contributed by atoms with Crippen LogP contribution in [0.5, 0.6) is 0 Å². The molecule has 1 fully saturated rings. The highest BCUT2D eigenvalue weighted by Crippen LogP contribution is 2.36. The summed E-state index contributed by atoms with van der Waals surface area (Å²) in [6.07, 6.45) is 3.84. The molecule has 0 aromatic carbocycles. The second kappa shape index (κ2) is 12.8. The number of aromatic nitrogens is 3. The van der Waals surface area contributed by atoms with Crippen LogP contribution >= 0.6 is 0 Å². The SMILES string of the molecule is CCCc1cc(C(=O)Nc2n[nH]c3c2CN(C(=O)N(CC)C[C@@H](C)N(CC)CC2CCOCC2)C3C)no1. The normalized spacial score (nSPS) is 18.6. The van der Waals surface area contributed by atoms with Crippen molar-refractivity contribution < 1.29 is 18.8 Å². The Morgan fingerprint density at radius 1 is 1.24 bits per heavy atom. The number of ether oxygens (including phenoxy) is 1. The standard InChI is InChI=1S/C27H43N7O4/c1-6-9-21-14-23(31-38-21)26(35)28-25-22-17-34(19(5)24(22)29-30-25)27(36)33(8-3)15-18(4)32(7-2)16-20-10-12-37-13-11-20/h14,18-20H,6-13,15-17H2,1-5H3,(H2,28,29,30,35)/t18-,19?/m1/s1. The van der Waals surface area contributed by atoms with Crippen molar-refractivity contribution in [2.45, 2.75) is 78.9 Å². The first-order chi connectivity index (χ1) is 18.4. The average Bonchev–Trinajstić information content (AvgIpc) is 3.63. The Kier molecular flexibility index (Phi) is 9.43. The van der Waals surface area contributed by atoms with E-state index in [1.807, 2.05) is 30.6 Å². The highest BCUT2D eigenvalue weighted by atomic mass is 16.5. The third-order valence-electron chi connectivity index (χ3n) is 7.88. The number of H-pyrrole nitrogens is 1. The zero-order valence-electron chi connectivity index (χ0n) is 23.5. The number of rotatable bonds is 11. The predicted octanol–water partition coefficient (Wildman–Crippen LogP) is 4.06. The zero-order valence-corrected chi connectivity index (χ0v) is 23.5. The number of carbonyl (C=O) groups is 2. The number of likely N-dealkylation sites (N-methyl/N-ethyl adjacent to an activating group) is 2. The smallest absolute Gasteiger partial charge is 0.320 e. The van der Waals surface area contributed by atoms with Crippen LogP contribution in [0.2, 0.25) is 0 Å². The molecule has 0 aliphatic carbocycles. The lowest BCUT2D eigenvalue weighted by Crippen LogP contribution is -2.49. The quantitative estimate of drug-likeness (QED) is 0.450. The number of amides is 3. The van der Waals surface area contributed by atoms with Crippen LogP contribution in [0.3, 0.4) is 0 Å². The number of carbonyl (C=O) groups excluding carboxylic acids is 2. The van der Waals surface area contributed by atoms with Gasteiger partial charge in [-0.3, -0.25) is 14.8 Å². The van der Waals surface area contributed by atoms with Gasteiger partial charge in [-0.05, 0) is 52.5 Å². The van der Waals surface area contributed by atoms with E-state index in [1.165, 1.54) is 0 Å². The molecular weight excluding hydrogens is 486 g/mol. The summed E-state index contributed by atoms with van der Waals surface area (Å²) in [5.74, 6) is 1.38. The number of nitrogens with one attached hydrogen (secondary N) is 2. The number of urea groups is 1. The fraction of sp³-hybridized carbons (Fsp3) is 0.704. The molecule has 1 unspecified atom stereocenters. The van der Waals surface area contributed by atoms with E-state index >= 15 is 0 Å². The van der Waals surface area contributed by atoms with Crippen molar-refractivity contribution >= 4 is 17.8 Å². The van der Waals surface area contributed by atoms with Gasteiger partial charge in [0.2, 0.25) is 0 Å². The minimum atomic E-state index is -0.379. The molecule has 4 heterocycles. The van der Waals surface area contributed by atoms with Gasteiger partial charge in [-0.1, -0.05) is 19.0 Å². The third kappa shape index (κ3) is 6.20. The molecule has 0 saturated carbocycles. The summed E-state index contributed by atoms with van der Waals surface area (Å²) in [6, 6.07) is 1.73.